The van der Waals surface area contributed by atoms with E-state index in [0.29, 0.717) is 5.69 Å². The van der Waals surface area contributed by atoms with E-state index in [2.05, 4.69) is 5.32 Å². The quantitative estimate of drug-likeness (QED) is 0.680. The van der Waals surface area contributed by atoms with Gasteiger partial charge in [-0.2, -0.15) is 0 Å². The lowest BCUT2D eigenvalue weighted by atomic mass is 10.2. The second-order valence-corrected chi connectivity index (χ2v) is 4.82. The molecule has 4 nitrogen and oxygen atoms in total. The molecular weight excluding hydrogens is 297 g/mol. The van der Waals surface area contributed by atoms with Crippen LogP contribution in [0.5, 0.6) is 0 Å². The van der Waals surface area contributed by atoms with Crippen LogP contribution in [0.1, 0.15) is 12.5 Å². The molecule has 2 rings (SSSR count). The lowest BCUT2D eigenvalue weighted by Crippen LogP contribution is -2.29. The number of halogens is 1. The standard InChI is InChI=1S/C18H16FNO3/c1-13(18(22)20-16-10-8-15(19)9-11-16)23-17(21)12-7-14-5-3-2-4-6-14/h2-13H,1H3,(H,20,22)/b12-7+/t13-/m1/s1. The third-order valence-electron chi connectivity index (χ3n) is 2.99. The van der Waals surface area contributed by atoms with E-state index in [4.69, 9.17) is 4.74 Å². The van der Waals surface area contributed by atoms with E-state index < -0.39 is 23.8 Å². The first-order valence-electron chi connectivity index (χ1n) is 7.05. The Morgan fingerprint density at radius 2 is 1.74 bits per heavy atom. The van der Waals surface area contributed by atoms with Crippen molar-refractivity contribution >= 4 is 23.6 Å². The largest absolute Gasteiger partial charge is 0.449 e. The number of carbonyl (C=O) groups excluding carboxylic acids is 2. The first-order chi connectivity index (χ1) is 11.0. The van der Waals surface area contributed by atoms with Gasteiger partial charge in [-0.25, -0.2) is 9.18 Å². The van der Waals surface area contributed by atoms with Crippen molar-refractivity contribution in [2.24, 2.45) is 0 Å². The van der Waals surface area contributed by atoms with Crippen LogP contribution >= 0.6 is 0 Å². The van der Waals surface area contributed by atoms with Crippen LogP contribution in [0.2, 0.25) is 0 Å². The maximum atomic E-state index is 12.8. The van der Waals surface area contributed by atoms with E-state index in [0.717, 1.165) is 5.56 Å². The third-order valence-corrected chi connectivity index (χ3v) is 2.99. The van der Waals surface area contributed by atoms with Crippen molar-refractivity contribution < 1.29 is 18.7 Å². The molecule has 0 aliphatic rings. The van der Waals surface area contributed by atoms with E-state index >= 15 is 0 Å². The molecule has 2 aromatic rings. The molecule has 1 atom stereocenters. The van der Waals surface area contributed by atoms with E-state index in [-0.39, 0.29) is 0 Å². The SMILES string of the molecule is C[C@@H](OC(=O)/C=C/c1ccccc1)C(=O)Nc1ccc(F)cc1. The van der Waals surface area contributed by atoms with Crippen LogP contribution in [0.3, 0.4) is 0 Å². The molecule has 5 heteroatoms. The van der Waals surface area contributed by atoms with Crippen molar-refractivity contribution in [3.8, 4) is 0 Å². The highest BCUT2D eigenvalue weighted by Gasteiger charge is 2.16. The van der Waals surface area contributed by atoms with Gasteiger partial charge in [-0.3, -0.25) is 4.79 Å². The summed E-state index contributed by atoms with van der Waals surface area (Å²) in [5.41, 5.74) is 1.28. The topological polar surface area (TPSA) is 55.4 Å². The summed E-state index contributed by atoms with van der Waals surface area (Å²) >= 11 is 0. The Hall–Kier alpha value is -2.95. The third kappa shape index (κ3) is 5.39. The molecule has 0 aliphatic heterocycles. The minimum Gasteiger partial charge on any atom is -0.449 e. The first-order valence-corrected chi connectivity index (χ1v) is 7.05. The zero-order valence-electron chi connectivity index (χ0n) is 12.5. The van der Waals surface area contributed by atoms with Gasteiger partial charge in [0, 0.05) is 11.8 Å². The van der Waals surface area contributed by atoms with Gasteiger partial charge < -0.3 is 10.1 Å². The summed E-state index contributed by atoms with van der Waals surface area (Å²) in [7, 11) is 0. The van der Waals surface area contributed by atoms with E-state index in [1.807, 2.05) is 30.3 Å². The van der Waals surface area contributed by atoms with Gasteiger partial charge in [0.25, 0.3) is 5.91 Å². The molecule has 2 aromatic carbocycles. The molecule has 0 radical (unpaired) electrons. The maximum absolute atomic E-state index is 12.8. The Morgan fingerprint density at radius 3 is 2.39 bits per heavy atom. The molecule has 0 fully saturated rings. The van der Waals surface area contributed by atoms with Gasteiger partial charge in [0.05, 0.1) is 0 Å². The van der Waals surface area contributed by atoms with Crippen LogP contribution in [-0.2, 0) is 14.3 Å². The Labute approximate surface area is 133 Å². The van der Waals surface area contributed by atoms with Crippen LogP contribution < -0.4 is 5.32 Å². The number of esters is 1. The minimum atomic E-state index is -0.965. The van der Waals surface area contributed by atoms with Crippen LogP contribution in [0.15, 0.2) is 60.7 Å². The molecule has 0 bridgehead atoms. The molecule has 0 aromatic heterocycles. The van der Waals surface area contributed by atoms with Gasteiger partial charge in [0.2, 0.25) is 0 Å². The monoisotopic (exact) mass is 313 g/mol. The number of benzene rings is 2. The molecular formula is C18H16FNO3. The van der Waals surface area contributed by atoms with E-state index in [9.17, 15) is 14.0 Å². The fraction of sp³-hybridized carbons (Fsp3) is 0.111. The van der Waals surface area contributed by atoms with Crippen LogP contribution in [0.25, 0.3) is 6.08 Å². The van der Waals surface area contributed by atoms with Crippen LogP contribution in [-0.4, -0.2) is 18.0 Å². The van der Waals surface area contributed by atoms with Gasteiger partial charge in [-0.1, -0.05) is 30.3 Å². The minimum absolute atomic E-state index is 0.395. The predicted molar refractivity (Wildman–Crippen MR) is 86.1 cm³/mol. The fourth-order valence-electron chi connectivity index (χ4n) is 1.77. The second-order valence-electron chi connectivity index (χ2n) is 4.82. The van der Waals surface area contributed by atoms with Crippen molar-refractivity contribution in [2.75, 3.05) is 5.32 Å². The average molecular weight is 313 g/mol. The normalized spacial score (nSPS) is 11.9. The van der Waals surface area contributed by atoms with Gasteiger partial charge >= 0.3 is 5.97 Å². The highest BCUT2D eigenvalue weighted by atomic mass is 19.1. The summed E-state index contributed by atoms with van der Waals surface area (Å²) in [6.45, 7) is 1.47. The number of ether oxygens (including phenoxy) is 1. The summed E-state index contributed by atoms with van der Waals surface area (Å²) < 4.78 is 17.8. The summed E-state index contributed by atoms with van der Waals surface area (Å²) in [5.74, 6) is -1.50. The Balaban J connectivity index is 1.86. The Morgan fingerprint density at radius 1 is 1.09 bits per heavy atom. The first kappa shape index (κ1) is 16.4. The number of rotatable bonds is 5. The summed E-state index contributed by atoms with van der Waals surface area (Å²) in [6.07, 6.45) is 1.90. The van der Waals surface area contributed by atoms with Gasteiger partial charge in [-0.15, -0.1) is 0 Å². The van der Waals surface area contributed by atoms with Crippen molar-refractivity contribution in [1.29, 1.82) is 0 Å². The number of hydrogen-bond donors (Lipinski definition) is 1. The molecule has 0 unspecified atom stereocenters. The lowest BCUT2D eigenvalue weighted by molar-refractivity contribution is -0.148. The summed E-state index contributed by atoms with van der Waals surface area (Å²) in [6, 6.07) is 14.6. The average Bonchev–Trinajstić information content (AvgIpc) is 2.56. The molecule has 1 amide bonds. The number of anilines is 1. The molecule has 0 heterocycles. The maximum Gasteiger partial charge on any atom is 0.331 e. The lowest BCUT2D eigenvalue weighted by Gasteiger charge is -2.12. The van der Waals surface area contributed by atoms with Crippen molar-refractivity contribution in [2.45, 2.75) is 13.0 Å². The number of amides is 1. The number of nitrogens with one attached hydrogen (secondary N) is 1. The molecule has 0 aliphatic carbocycles. The second kappa shape index (κ2) is 7.89. The molecule has 0 saturated carbocycles. The van der Waals surface area contributed by atoms with Crippen molar-refractivity contribution in [3.05, 3.63) is 72.1 Å². The highest BCUT2D eigenvalue weighted by Crippen LogP contribution is 2.09. The van der Waals surface area contributed by atoms with E-state index in [1.165, 1.54) is 37.3 Å². The van der Waals surface area contributed by atoms with Crippen LogP contribution in [0.4, 0.5) is 10.1 Å². The molecule has 118 valence electrons. The van der Waals surface area contributed by atoms with Crippen LogP contribution in [0, 0.1) is 5.82 Å². The van der Waals surface area contributed by atoms with Crippen molar-refractivity contribution in [3.63, 3.8) is 0 Å². The smallest absolute Gasteiger partial charge is 0.331 e. The fourth-order valence-corrected chi connectivity index (χ4v) is 1.77. The van der Waals surface area contributed by atoms with Crippen molar-refractivity contribution in [1.82, 2.24) is 0 Å². The van der Waals surface area contributed by atoms with Gasteiger partial charge in [0.1, 0.15) is 5.82 Å². The molecule has 23 heavy (non-hydrogen) atoms. The zero-order chi connectivity index (χ0) is 16.7. The van der Waals surface area contributed by atoms with Gasteiger partial charge in [-0.05, 0) is 42.8 Å². The molecule has 0 spiro atoms. The Kier molecular flexibility index (Phi) is 5.63. The summed E-state index contributed by atoms with van der Waals surface area (Å²) in [5, 5.41) is 2.54. The molecule has 0 saturated heterocycles. The molecule has 1 N–H and O–H groups in total. The summed E-state index contributed by atoms with van der Waals surface area (Å²) in [4.78, 5) is 23.6. The Bertz CT molecular complexity index is 696. The highest BCUT2D eigenvalue weighted by molar-refractivity contribution is 5.96. The van der Waals surface area contributed by atoms with E-state index in [1.54, 1.807) is 6.08 Å². The van der Waals surface area contributed by atoms with Gasteiger partial charge in [0.15, 0.2) is 6.10 Å². The number of hydrogen-bond acceptors (Lipinski definition) is 3. The zero-order valence-corrected chi connectivity index (χ0v) is 12.5. The predicted octanol–water partition coefficient (Wildman–Crippen LogP) is 3.41. The number of carbonyl (C=O) groups is 2.